The number of H-pyrrole nitrogens is 1. The van der Waals surface area contributed by atoms with Gasteiger partial charge in [-0.05, 0) is 48.5 Å². The van der Waals surface area contributed by atoms with Crippen LogP contribution < -0.4 is 4.72 Å². The van der Waals surface area contributed by atoms with Gasteiger partial charge < -0.3 is 4.57 Å². The summed E-state index contributed by atoms with van der Waals surface area (Å²) < 4.78 is 81.1. The van der Waals surface area contributed by atoms with E-state index in [1.807, 2.05) is 0 Å². The largest absolute Gasteiger partial charge is 0.316 e. The first-order chi connectivity index (χ1) is 17.3. The van der Waals surface area contributed by atoms with Crippen LogP contribution in [0.3, 0.4) is 0 Å². The van der Waals surface area contributed by atoms with Crippen LogP contribution in [0.4, 0.5) is 5.69 Å². The second-order valence-corrected chi connectivity index (χ2v) is 14.2. The Morgan fingerprint density at radius 3 is 1.97 bits per heavy atom. The summed E-state index contributed by atoms with van der Waals surface area (Å²) in [4.78, 5) is -0.749. The number of rotatable bonds is 9. The predicted molar refractivity (Wildman–Crippen MR) is 135 cm³/mol. The fourth-order valence-electron chi connectivity index (χ4n) is 3.21. The van der Waals surface area contributed by atoms with Crippen LogP contribution in [0.25, 0.3) is 0 Å². The Kier molecular flexibility index (Phi) is 7.36. The summed E-state index contributed by atoms with van der Waals surface area (Å²) in [6, 6.07) is 11.2. The summed E-state index contributed by atoms with van der Waals surface area (Å²) in [7, 11) is -11.1. The standard InChI is InChI=1S/C20H18Cl2N6O6S3/c1-28-18(24-25-19(28)12-36(31,32)27-15-6-2-13(21)3-7-15)11-35(29,30)17-10-23-26-20(17)37(33,34)16-8-4-14(22)5-9-16/h2-10,27H,11-12H2,1H3,(H,23,26). The molecular formula is C20H18Cl2N6O6S3. The van der Waals surface area contributed by atoms with Gasteiger partial charge in [-0.3, -0.25) is 9.82 Å². The van der Waals surface area contributed by atoms with Crippen molar-refractivity contribution in [2.45, 2.75) is 26.3 Å². The Balaban J connectivity index is 1.57. The minimum Gasteiger partial charge on any atom is -0.316 e. The molecule has 4 aromatic rings. The van der Waals surface area contributed by atoms with E-state index in [1.165, 1.54) is 60.1 Å². The molecule has 0 unspecified atom stereocenters. The first kappa shape index (κ1) is 27.1. The molecule has 12 nitrogen and oxygen atoms in total. The van der Waals surface area contributed by atoms with E-state index in [-0.39, 0.29) is 22.2 Å². The van der Waals surface area contributed by atoms with Gasteiger partial charge in [0.15, 0.2) is 14.9 Å². The molecule has 196 valence electrons. The first-order valence-electron chi connectivity index (χ1n) is 10.2. The van der Waals surface area contributed by atoms with Crippen molar-refractivity contribution in [2.24, 2.45) is 7.05 Å². The third kappa shape index (κ3) is 5.96. The predicted octanol–water partition coefficient (Wildman–Crippen LogP) is 2.59. The summed E-state index contributed by atoms with van der Waals surface area (Å²) in [5, 5.41) is 13.6. The highest BCUT2D eigenvalue weighted by molar-refractivity contribution is 7.94. The lowest BCUT2D eigenvalue weighted by atomic mass is 10.3. The maximum absolute atomic E-state index is 13.2. The number of benzene rings is 2. The molecule has 17 heteroatoms. The Labute approximate surface area is 222 Å². The molecule has 2 aromatic heterocycles. The maximum Gasteiger partial charge on any atom is 0.240 e. The normalized spacial score (nSPS) is 12.5. The van der Waals surface area contributed by atoms with E-state index in [4.69, 9.17) is 23.2 Å². The molecule has 0 aliphatic carbocycles. The molecule has 0 saturated carbocycles. The smallest absolute Gasteiger partial charge is 0.240 e. The van der Waals surface area contributed by atoms with Crippen LogP contribution in [0, 0.1) is 0 Å². The van der Waals surface area contributed by atoms with Crippen molar-refractivity contribution in [1.82, 2.24) is 25.0 Å². The van der Waals surface area contributed by atoms with Crippen molar-refractivity contribution in [3.8, 4) is 0 Å². The van der Waals surface area contributed by atoms with Gasteiger partial charge in [-0.25, -0.2) is 25.3 Å². The van der Waals surface area contributed by atoms with Gasteiger partial charge in [-0.2, -0.15) is 5.10 Å². The molecule has 2 aromatic carbocycles. The molecule has 0 amide bonds. The third-order valence-corrected chi connectivity index (χ3v) is 10.3. The van der Waals surface area contributed by atoms with Gasteiger partial charge in [0, 0.05) is 22.8 Å². The lowest BCUT2D eigenvalue weighted by Gasteiger charge is -2.09. The van der Waals surface area contributed by atoms with E-state index in [0.717, 1.165) is 6.20 Å². The average Bonchev–Trinajstić information content (AvgIpc) is 3.45. The molecule has 0 bridgehead atoms. The molecule has 0 saturated heterocycles. The first-order valence-corrected chi connectivity index (χ1v) is 15.7. The van der Waals surface area contributed by atoms with E-state index in [0.29, 0.717) is 10.0 Å². The summed E-state index contributed by atoms with van der Waals surface area (Å²) in [6.07, 6.45) is 0.885. The van der Waals surface area contributed by atoms with Crippen LogP contribution in [0.5, 0.6) is 0 Å². The number of sulfonamides is 1. The van der Waals surface area contributed by atoms with E-state index >= 15 is 0 Å². The van der Waals surface area contributed by atoms with Crippen molar-refractivity contribution in [3.05, 3.63) is 76.4 Å². The fourth-order valence-corrected chi connectivity index (χ4v) is 7.84. The summed E-state index contributed by atoms with van der Waals surface area (Å²) >= 11 is 11.6. The molecule has 0 aliphatic heterocycles. The minimum atomic E-state index is -4.31. The van der Waals surface area contributed by atoms with Crippen LogP contribution in [0.2, 0.25) is 10.0 Å². The summed E-state index contributed by atoms with van der Waals surface area (Å²) in [5.41, 5.74) is 0.281. The SMILES string of the molecule is Cn1c(CS(=O)(=O)Nc2ccc(Cl)cc2)nnc1CS(=O)(=O)c1cn[nH]c1S(=O)(=O)c1ccc(Cl)cc1. The van der Waals surface area contributed by atoms with Gasteiger partial charge in [-0.15, -0.1) is 10.2 Å². The number of aromatic amines is 1. The quantitative estimate of drug-likeness (QED) is 0.291. The minimum absolute atomic E-state index is 0.0344. The summed E-state index contributed by atoms with van der Waals surface area (Å²) in [5.74, 6) is -1.49. The number of nitrogens with zero attached hydrogens (tertiary/aromatic N) is 4. The van der Waals surface area contributed by atoms with E-state index in [9.17, 15) is 25.3 Å². The zero-order valence-electron chi connectivity index (χ0n) is 18.8. The second kappa shape index (κ2) is 10.1. The average molecular weight is 606 g/mol. The van der Waals surface area contributed by atoms with Crippen LogP contribution in [-0.2, 0) is 48.3 Å². The molecule has 37 heavy (non-hydrogen) atoms. The molecule has 0 radical (unpaired) electrons. The van der Waals surface area contributed by atoms with Crippen molar-refractivity contribution >= 4 is 58.6 Å². The highest BCUT2D eigenvalue weighted by Gasteiger charge is 2.32. The zero-order valence-corrected chi connectivity index (χ0v) is 22.8. The van der Waals surface area contributed by atoms with Crippen LogP contribution in [0.15, 0.2) is 69.5 Å². The van der Waals surface area contributed by atoms with Crippen LogP contribution >= 0.6 is 23.2 Å². The molecule has 4 rings (SSSR count). The van der Waals surface area contributed by atoms with Gasteiger partial charge in [0.1, 0.15) is 28.0 Å². The highest BCUT2D eigenvalue weighted by atomic mass is 35.5. The number of aromatic nitrogens is 5. The van der Waals surface area contributed by atoms with Gasteiger partial charge in [0.05, 0.1) is 11.1 Å². The summed E-state index contributed by atoms with van der Waals surface area (Å²) in [6.45, 7) is 0. The number of halogens is 2. The zero-order chi connectivity index (χ0) is 27.0. The monoisotopic (exact) mass is 604 g/mol. The van der Waals surface area contributed by atoms with Crippen molar-refractivity contribution in [3.63, 3.8) is 0 Å². The molecule has 0 aliphatic rings. The highest BCUT2D eigenvalue weighted by Crippen LogP contribution is 2.28. The maximum atomic E-state index is 13.2. The fraction of sp³-hybridized carbons (Fsp3) is 0.150. The molecular weight excluding hydrogens is 587 g/mol. The molecule has 2 heterocycles. The lowest BCUT2D eigenvalue weighted by molar-refractivity contribution is 0.577. The van der Waals surface area contributed by atoms with Gasteiger partial charge in [0.25, 0.3) is 0 Å². The molecule has 0 atom stereocenters. The second-order valence-electron chi connectivity index (χ2n) is 7.74. The number of hydrogen-bond acceptors (Lipinski definition) is 9. The molecule has 2 N–H and O–H groups in total. The van der Waals surface area contributed by atoms with Crippen molar-refractivity contribution in [1.29, 1.82) is 0 Å². The Bertz CT molecular complexity index is 1770. The number of hydrogen-bond donors (Lipinski definition) is 2. The Morgan fingerprint density at radius 2 is 1.38 bits per heavy atom. The molecule has 0 fully saturated rings. The Morgan fingerprint density at radius 1 is 0.838 bits per heavy atom. The third-order valence-electron chi connectivity index (χ3n) is 5.11. The van der Waals surface area contributed by atoms with Crippen LogP contribution in [0.1, 0.15) is 11.6 Å². The van der Waals surface area contributed by atoms with E-state index in [1.54, 1.807) is 0 Å². The molecule has 0 spiro atoms. The Hall–Kier alpha value is -2.98. The number of sulfone groups is 2. The van der Waals surface area contributed by atoms with Crippen molar-refractivity contribution in [2.75, 3.05) is 4.72 Å². The van der Waals surface area contributed by atoms with Crippen molar-refractivity contribution < 1.29 is 25.3 Å². The van der Waals surface area contributed by atoms with Crippen LogP contribution in [-0.4, -0.2) is 50.2 Å². The number of nitrogens with one attached hydrogen (secondary N) is 2. The van der Waals surface area contributed by atoms with Gasteiger partial charge in [-0.1, -0.05) is 23.2 Å². The lowest BCUT2D eigenvalue weighted by Crippen LogP contribution is -2.18. The topological polar surface area (TPSA) is 174 Å². The van der Waals surface area contributed by atoms with E-state index < -0.39 is 51.1 Å². The van der Waals surface area contributed by atoms with Gasteiger partial charge in [0.2, 0.25) is 19.9 Å². The number of anilines is 1. The van der Waals surface area contributed by atoms with Gasteiger partial charge >= 0.3 is 0 Å². The van der Waals surface area contributed by atoms with E-state index in [2.05, 4.69) is 25.1 Å².